The molecule has 8 heteroatoms. The van der Waals surface area contributed by atoms with Crippen molar-refractivity contribution in [3.05, 3.63) is 56.7 Å². The highest BCUT2D eigenvalue weighted by Gasteiger charge is 2.31. The lowest BCUT2D eigenvalue weighted by Gasteiger charge is -2.27. The number of carbonyl (C=O) groups excluding carboxylic acids is 1. The first-order valence-corrected chi connectivity index (χ1v) is 9.99. The summed E-state index contributed by atoms with van der Waals surface area (Å²) in [6.07, 6.45) is 4.18. The maximum absolute atomic E-state index is 13.2. The van der Waals surface area contributed by atoms with Crippen molar-refractivity contribution < 1.29 is 9.53 Å². The summed E-state index contributed by atoms with van der Waals surface area (Å²) in [6, 6.07) is 9.35. The number of benzene rings is 1. The zero-order valence-corrected chi connectivity index (χ0v) is 16.7. The van der Waals surface area contributed by atoms with Crippen LogP contribution in [0.5, 0.6) is 0 Å². The molecule has 1 aromatic heterocycles. The summed E-state index contributed by atoms with van der Waals surface area (Å²) in [5, 5.41) is 0. The minimum atomic E-state index is -0.638. The number of ether oxygens (including phenoxy) is 1. The van der Waals surface area contributed by atoms with Crippen LogP contribution < -0.4 is 21.9 Å². The predicted octanol–water partition coefficient (Wildman–Crippen LogP) is 1.73. The van der Waals surface area contributed by atoms with Gasteiger partial charge < -0.3 is 15.4 Å². The van der Waals surface area contributed by atoms with Gasteiger partial charge >= 0.3 is 5.69 Å². The van der Waals surface area contributed by atoms with Gasteiger partial charge in [-0.1, -0.05) is 43.2 Å². The molecule has 1 aliphatic carbocycles. The number of hydrogen-bond donors (Lipinski definition) is 2. The first-order chi connectivity index (χ1) is 14.0. The van der Waals surface area contributed by atoms with E-state index in [0.717, 1.165) is 31.2 Å². The maximum Gasteiger partial charge on any atom is 0.330 e. The van der Waals surface area contributed by atoms with Crippen LogP contribution in [0, 0.1) is 5.92 Å². The third kappa shape index (κ3) is 4.76. The number of nitrogens with zero attached hydrogens (tertiary/aromatic N) is 2. The Morgan fingerprint density at radius 3 is 2.59 bits per heavy atom. The molecular weight excluding hydrogens is 372 g/mol. The molecule has 0 spiro atoms. The second-order valence-corrected chi connectivity index (χ2v) is 7.38. The second-order valence-electron chi connectivity index (χ2n) is 7.38. The molecule has 2 aromatic rings. The van der Waals surface area contributed by atoms with Gasteiger partial charge in [0, 0.05) is 26.2 Å². The van der Waals surface area contributed by atoms with Crippen molar-refractivity contribution in [2.24, 2.45) is 5.92 Å². The number of hydrogen-bond acceptors (Lipinski definition) is 5. The Morgan fingerprint density at radius 2 is 1.93 bits per heavy atom. The molecule has 1 aliphatic rings. The van der Waals surface area contributed by atoms with Crippen LogP contribution in [0.15, 0.2) is 39.9 Å². The molecule has 3 N–H and O–H groups in total. The fourth-order valence-electron chi connectivity index (χ4n) is 3.85. The number of aromatic amines is 1. The summed E-state index contributed by atoms with van der Waals surface area (Å²) in [5.74, 6) is -0.224. The van der Waals surface area contributed by atoms with E-state index in [0.29, 0.717) is 19.6 Å². The first kappa shape index (κ1) is 20.9. The van der Waals surface area contributed by atoms with Crippen molar-refractivity contribution in [1.29, 1.82) is 0 Å². The van der Waals surface area contributed by atoms with Crippen LogP contribution in [0.25, 0.3) is 0 Å². The quantitative estimate of drug-likeness (QED) is 0.656. The molecule has 8 nitrogen and oxygen atoms in total. The standard InChI is InChI=1S/C21H28N4O4/c1-29-13-7-12-24(20(27)16-10-5-6-11-16)17-18(22)25(21(28)23-19(17)26)14-15-8-3-2-4-9-15/h2-4,8-9,16H,5-7,10-14,22H2,1H3,(H,23,26,28). The molecule has 0 aliphatic heterocycles. The Labute approximate surface area is 169 Å². The molecule has 1 amide bonds. The van der Waals surface area contributed by atoms with Crippen molar-refractivity contribution in [2.45, 2.75) is 38.6 Å². The largest absolute Gasteiger partial charge is 0.385 e. The summed E-state index contributed by atoms with van der Waals surface area (Å²) >= 11 is 0. The number of nitrogens with two attached hydrogens (primary N) is 1. The Balaban J connectivity index is 2.01. The van der Waals surface area contributed by atoms with E-state index < -0.39 is 11.2 Å². The van der Waals surface area contributed by atoms with E-state index >= 15 is 0 Å². The van der Waals surface area contributed by atoms with Crippen molar-refractivity contribution >= 4 is 17.4 Å². The first-order valence-electron chi connectivity index (χ1n) is 9.99. The van der Waals surface area contributed by atoms with Crippen LogP contribution in [0.2, 0.25) is 0 Å². The van der Waals surface area contributed by atoms with Crippen molar-refractivity contribution in [3.8, 4) is 0 Å². The topological polar surface area (TPSA) is 110 Å². The normalized spacial score (nSPS) is 14.2. The molecular formula is C21H28N4O4. The number of rotatable bonds is 8. The van der Waals surface area contributed by atoms with Gasteiger partial charge in [-0.15, -0.1) is 0 Å². The van der Waals surface area contributed by atoms with Gasteiger partial charge in [0.1, 0.15) is 5.82 Å². The average Bonchev–Trinajstić information content (AvgIpc) is 3.25. The maximum atomic E-state index is 13.2. The van der Waals surface area contributed by atoms with Crippen LogP contribution in [-0.4, -0.2) is 35.7 Å². The molecule has 29 heavy (non-hydrogen) atoms. The van der Waals surface area contributed by atoms with E-state index in [2.05, 4.69) is 4.98 Å². The Hall–Kier alpha value is -2.87. The van der Waals surface area contributed by atoms with Crippen molar-refractivity contribution in [2.75, 3.05) is 30.9 Å². The Morgan fingerprint density at radius 1 is 1.24 bits per heavy atom. The average molecular weight is 400 g/mol. The summed E-state index contributed by atoms with van der Waals surface area (Å²) in [7, 11) is 1.59. The molecule has 1 saturated carbocycles. The molecule has 0 atom stereocenters. The third-order valence-electron chi connectivity index (χ3n) is 5.37. The lowest BCUT2D eigenvalue weighted by Crippen LogP contribution is -2.43. The number of amides is 1. The lowest BCUT2D eigenvalue weighted by molar-refractivity contribution is -0.122. The van der Waals surface area contributed by atoms with Crippen LogP contribution in [-0.2, 0) is 16.1 Å². The SMILES string of the molecule is COCCCN(C(=O)C1CCCC1)c1c(N)n(Cc2ccccc2)c(=O)[nH]c1=O. The monoisotopic (exact) mass is 400 g/mol. The van der Waals surface area contributed by atoms with E-state index in [1.807, 2.05) is 30.3 Å². The van der Waals surface area contributed by atoms with E-state index in [4.69, 9.17) is 10.5 Å². The molecule has 156 valence electrons. The summed E-state index contributed by atoms with van der Waals surface area (Å²) in [4.78, 5) is 42.1. The van der Waals surface area contributed by atoms with Crippen LogP contribution >= 0.6 is 0 Å². The van der Waals surface area contributed by atoms with Gasteiger partial charge in [-0.05, 0) is 24.8 Å². The third-order valence-corrected chi connectivity index (χ3v) is 5.37. The molecule has 0 saturated heterocycles. The lowest BCUT2D eigenvalue weighted by atomic mass is 10.1. The van der Waals surface area contributed by atoms with E-state index in [1.54, 1.807) is 7.11 Å². The number of anilines is 2. The number of nitrogen functional groups attached to an aromatic ring is 1. The van der Waals surface area contributed by atoms with E-state index in [1.165, 1.54) is 9.47 Å². The molecule has 3 rings (SSSR count). The highest BCUT2D eigenvalue weighted by Crippen LogP contribution is 2.29. The molecule has 1 fully saturated rings. The van der Waals surface area contributed by atoms with E-state index in [9.17, 15) is 14.4 Å². The highest BCUT2D eigenvalue weighted by molar-refractivity contribution is 5.97. The van der Waals surface area contributed by atoms with Gasteiger partial charge in [0.15, 0.2) is 5.69 Å². The number of methoxy groups -OCH3 is 1. The van der Waals surface area contributed by atoms with Crippen molar-refractivity contribution in [1.82, 2.24) is 9.55 Å². The Kier molecular flexibility index (Phi) is 6.87. The summed E-state index contributed by atoms with van der Waals surface area (Å²) in [5.41, 5.74) is 5.98. The van der Waals surface area contributed by atoms with Gasteiger partial charge in [-0.2, -0.15) is 0 Å². The van der Waals surface area contributed by atoms with Gasteiger partial charge in [0.25, 0.3) is 5.56 Å². The predicted molar refractivity (Wildman–Crippen MR) is 112 cm³/mol. The van der Waals surface area contributed by atoms with Crippen LogP contribution in [0.4, 0.5) is 11.5 Å². The zero-order valence-electron chi connectivity index (χ0n) is 16.7. The summed E-state index contributed by atoms with van der Waals surface area (Å²) < 4.78 is 6.41. The van der Waals surface area contributed by atoms with E-state index in [-0.39, 0.29) is 29.9 Å². The molecule has 0 unspecified atom stereocenters. The fourth-order valence-corrected chi connectivity index (χ4v) is 3.85. The molecule has 0 bridgehead atoms. The number of aromatic nitrogens is 2. The second kappa shape index (κ2) is 9.56. The smallest absolute Gasteiger partial charge is 0.330 e. The minimum absolute atomic E-state index is 0.00590. The molecule has 0 radical (unpaired) electrons. The minimum Gasteiger partial charge on any atom is -0.385 e. The number of nitrogens with one attached hydrogen (secondary N) is 1. The number of carbonyl (C=O) groups is 1. The molecule has 1 aromatic carbocycles. The number of H-pyrrole nitrogens is 1. The summed E-state index contributed by atoms with van der Waals surface area (Å²) in [6.45, 7) is 0.967. The van der Waals surface area contributed by atoms with Crippen molar-refractivity contribution in [3.63, 3.8) is 0 Å². The Bertz CT molecular complexity index is 945. The highest BCUT2D eigenvalue weighted by atomic mass is 16.5. The molecule has 1 heterocycles. The van der Waals surface area contributed by atoms with Gasteiger partial charge in [-0.25, -0.2) is 4.79 Å². The van der Waals surface area contributed by atoms with Crippen LogP contribution in [0.3, 0.4) is 0 Å². The fraction of sp³-hybridized carbons (Fsp3) is 0.476. The van der Waals surface area contributed by atoms with Gasteiger partial charge in [-0.3, -0.25) is 19.1 Å². The zero-order chi connectivity index (χ0) is 20.8. The van der Waals surface area contributed by atoms with Gasteiger partial charge in [0.05, 0.1) is 6.54 Å². The van der Waals surface area contributed by atoms with Crippen LogP contribution in [0.1, 0.15) is 37.7 Å². The van der Waals surface area contributed by atoms with Gasteiger partial charge in [0.2, 0.25) is 5.91 Å².